The van der Waals surface area contributed by atoms with E-state index in [4.69, 9.17) is 9.47 Å². The fourth-order valence-corrected chi connectivity index (χ4v) is 2.53. The van der Waals surface area contributed by atoms with E-state index >= 15 is 0 Å². The van der Waals surface area contributed by atoms with Crippen molar-refractivity contribution in [3.05, 3.63) is 0 Å². The molecule has 0 saturated carbocycles. The van der Waals surface area contributed by atoms with Crippen LogP contribution in [0.3, 0.4) is 0 Å². The number of ether oxygens (including phenoxy) is 2. The second kappa shape index (κ2) is 10.3. The van der Waals surface area contributed by atoms with Crippen molar-refractivity contribution in [2.24, 2.45) is 0 Å². The Morgan fingerprint density at radius 2 is 1.65 bits per heavy atom. The van der Waals surface area contributed by atoms with Crippen LogP contribution in [0.4, 0.5) is 0 Å². The quantitative estimate of drug-likeness (QED) is 0.494. The Labute approximate surface area is 113 Å². The summed E-state index contributed by atoms with van der Waals surface area (Å²) in [5.41, 5.74) is 0. The minimum absolute atomic E-state index is 0.693. The highest BCUT2D eigenvalue weighted by atomic mass is 79.9. The SMILES string of the molecule is COCCOCCN1CCCN(CCBr)CC1. The Morgan fingerprint density at radius 3 is 2.29 bits per heavy atom. The largest absolute Gasteiger partial charge is 0.382 e. The molecular formula is C12H25BrN2O2. The Balaban J connectivity index is 2.05. The van der Waals surface area contributed by atoms with Gasteiger partial charge in [0.25, 0.3) is 0 Å². The maximum absolute atomic E-state index is 5.50. The number of hydrogen-bond acceptors (Lipinski definition) is 4. The predicted octanol–water partition coefficient (Wildman–Crippen LogP) is 1.05. The molecule has 0 atom stereocenters. The Bertz CT molecular complexity index is 184. The van der Waals surface area contributed by atoms with Gasteiger partial charge in [-0.15, -0.1) is 0 Å². The number of halogens is 1. The summed E-state index contributed by atoms with van der Waals surface area (Å²) in [5, 5.41) is 1.08. The van der Waals surface area contributed by atoms with Crippen molar-refractivity contribution in [3.63, 3.8) is 0 Å². The molecule has 102 valence electrons. The van der Waals surface area contributed by atoms with E-state index in [9.17, 15) is 0 Å². The van der Waals surface area contributed by atoms with Gasteiger partial charge in [0.05, 0.1) is 19.8 Å². The molecule has 0 amide bonds. The highest BCUT2D eigenvalue weighted by Crippen LogP contribution is 2.03. The maximum atomic E-state index is 5.50. The molecule has 5 heteroatoms. The Hall–Kier alpha value is 0.320. The summed E-state index contributed by atoms with van der Waals surface area (Å²) in [6, 6.07) is 0. The molecule has 0 N–H and O–H groups in total. The molecule has 1 rings (SSSR count). The van der Waals surface area contributed by atoms with Gasteiger partial charge in [-0.05, 0) is 19.5 Å². The van der Waals surface area contributed by atoms with Crippen LogP contribution in [0, 0.1) is 0 Å². The van der Waals surface area contributed by atoms with Crippen molar-refractivity contribution in [1.29, 1.82) is 0 Å². The van der Waals surface area contributed by atoms with E-state index in [1.807, 2.05) is 0 Å². The van der Waals surface area contributed by atoms with Gasteiger partial charge in [-0.2, -0.15) is 0 Å². The van der Waals surface area contributed by atoms with Crippen LogP contribution in [0.5, 0.6) is 0 Å². The third kappa shape index (κ3) is 7.36. The van der Waals surface area contributed by atoms with E-state index in [0.717, 1.165) is 25.0 Å². The zero-order valence-corrected chi connectivity index (χ0v) is 12.5. The second-order valence-corrected chi connectivity index (χ2v) is 5.12. The van der Waals surface area contributed by atoms with Gasteiger partial charge in [0.2, 0.25) is 0 Å². The number of alkyl halides is 1. The lowest BCUT2D eigenvalue weighted by Gasteiger charge is -2.21. The number of hydrogen-bond donors (Lipinski definition) is 0. The second-order valence-electron chi connectivity index (χ2n) is 4.33. The first-order valence-corrected chi connectivity index (χ1v) is 7.56. The van der Waals surface area contributed by atoms with Crippen LogP contribution in [-0.2, 0) is 9.47 Å². The molecule has 1 saturated heterocycles. The minimum atomic E-state index is 0.693. The van der Waals surface area contributed by atoms with Crippen LogP contribution < -0.4 is 0 Å². The van der Waals surface area contributed by atoms with Crippen LogP contribution in [-0.4, -0.2) is 81.3 Å². The summed E-state index contributed by atoms with van der Waals surface area (Å²) < 4.78 is 10.4. The standard InChI is InChI=1S/C12H25BrN2O2/c1-16-11-12-17-10-9-15-5-2-4-14(6-3-13)7-8-15/h2-12H2,1H3. The van der Waals surface area contributed by atoms with Gasteiger partial charge in [-0.3, -0.25) is 4.90 Å². The Kier molecular flexibility index (Phi) is 9.28. The normalized spacial score (nSPS) is 19.4. The molecule has 0 aliphatic carbocycles. The summed E-state index contributed by atoms with van der Waals surface area (Å²) >= 11 is 3.50. The van der Waals surface area contributed by atoms with Crippen molar-refractivity contribution in [2.75, 3.05) is 71.5 Å². The van der Waals surface area contributed by atoms with Gasteiger partial charge < -0.3 is 14.4 Å². The van der Waals surface area contributed by atoms with Crippen molar-refractivity contribution in [3.8, 4) is 0 Å². The fraction of sp³-hybridized carbons (Fsp3) is 1.00. The molecule has 0 bridgehead atoms. The van der Waals surface area contributed by atoms with Gasteiger partial charge in [0, 0.05) is 38.6 Å². The minimum Gasteiger partial charge on any atom is -0.382 e. The topological polar surface area (TPSA) is 24.9 Å². The molecule has 0 aromatic carbocycles. The highest BCUT2D eigenvalue weighted by Gasteiger charge is 2.13. The van der Waals surface area contributed by atoms with Gasteiger partial charge in [-0.1, -0.05) is 15.9 Å². The number of nitrogens with zero attached hydrogens (tertiary/aromatic N) is 2. The predicted molar refractivity (Wildman–Crippen MR) is 74.0 cm³/mol. The molecule has 0 spiro atoms. The average Bonchev–Trinajstić information content (AvgIpc) is 2.55. The van der Waals surface area contributed by atoms with E-state index in [2.05, 4.69) is 25.7 Å². The van der Waals surface area contributed by atoms with Crippen molar-refractivity contribution in [1.82, 2.24) is 9.80 Å². The van der Waals surface area contributed by atoms with Crippen LogP contribution in [0.2, 0.25) is 0 Å². The lowest BCUT2D eigenvalue weighted by atomic mass is 10.4. The van der Waals surface area contributed by atoms with Crippen LogP contribution >= 0.6 is 15.9 Å². The molecule has 1 heterocycles. The lowest BCUT2D eigenvalue weighted by molar-refractivity contribution is 0.0577. The van der Waals surface area contributed by atoms with Crippen LogP contribution in [0.25, 0.3) is 0 Å². The average molecular weight is 309 g/mol. The summed E-state index contributed by atoms with van der Waals surface area (Å²) in [6.45, 7) is 9.22. The first-order chi connectivity index (χ1) is 8.36. The van der Waals surface area contributed by atoms with E-state index in [0.29, 0.717) is 13.2 Å². The van der Waals surface area contributed by atoms with Crippen LogP contribution in [0.15, 0.2) is 0 Å². The van der Waals surface area contributed by atoms with Crippen molar-refractivity contribution in [2.45, 2.75) is 6.42 Å². The Morgan fingerprint density at radius 1 is 0.941 bits per heavy atom. The van der Waals surface area contributed by atoms with Crippen LogP contribution in [0.1, 0.15) is 6.42 Å². The van der Waals surface area contributed by atoms with Gasteiger partial charge in [0.15, 0.2) is 0 Å². The lowest BCUT2D eigenvalue weighted by Crippen LogP contribution is -2.33. The maximum Gasteiger partial charge on any atom is 0.0700 e. The van der Waals surface area contributed by atoms with Gasteiger partial charge in [0.1, 0.15) is 0 Å². The summed E-state index contributed by atoms with van der Waals surface area (Å²) in [7, 11) is 1.70. The third-order valence-corrected chi connectivity index (χ3v) is 3.42. The molecule has 17 heavy (non-hydrogen) atoms. The first kappa shape index (κ1) is 15.4. The van der Waals surface area contributed by atoms with Gasteiger partial charge in [-0.25, -0.2) is 0 Å². The molecule has 1 aliphatic rings. The molecule has 0 radical (unpaired) electrons. The summed E-state index contributed by atoms with van der Waals surface area (Å²) in [4.78, 5) is 5.03. The van der Waals surface area contributed by atoms with E-state index in [1.165, 1.54) is 32.6 Å². The van der Waals surface area contributed by atoms with Crippen molar-refractivity contribution >= 4 is 15.9 Å². The highest BCUT2D eigenvalue weighted by molar-refractivity contribution is 9.09. The smallest absolute Gasteiger partial charge is 0.0700 e. The molecule has 1 fully saturated rings. The van der Waals surface area contributed by atoms with E-state index in [1.54, 1.807) is 7.11 Å². The summed E-state index contributed by atoms with van der Waals surface area (Å²) in [6.07, 6.45) is 1.27. The van der Waals surface area contributed by atoms with E-state index < -0.39 is 0 Å². The zero-order valence-electron chi connectivity index (χ0n) is 10.9. The number of rotatable bonds is 8. The first-order valence-electron chi connectivity index (χ1n) is 6.44. The van der Waals surface area contributed by atoms with E-state index in [-0.39, 0.29) is 0 Å². The molecule has 1 aliphatic heterocycles. The van der Waals surface area contributed by atoms with Gasteiger partial charge >= 0.3 is 0 Å². The fourth-order valence-electron chi connectivity index (χ4n) is 2.03. The molecule has 4 nitrogen and oxygen atoms in total. The van der Waals surface area contributed by atoms with Crippen molar-refractivity contribution < 1.29 is 9.47 Å². The summed E-state index contributed by atoms with van der Waals surface area (Å²) in [5.74, 6) is 0. The number of methoxy groups -OCH3 is 1. The molecular weight excluding hydrogens is 284 g/mol. The molecule has 0 aromatic rings. The third-order valence-electron chi connectivity index (χ3n) is 3.07. The molecule has 0 aromatic heterocycles. The monoisotopic (exact) mass is 308 g/mol. The zero-order chi connectivity index (χ0) is 12.3. The molecule has 0 unspecified atom stereocenters.